The molecule has 0 spiro atoms. The van der Waals surface area contributed by atoms with Gasteiger partial charge >= 0.3 is 5.97 Å². The average Bonchev–Trinajstić information content (AvgIpc) is 2.47. The van der Waals surface area contributed by atoms with Crippen molar-refractivity contribution in [3.05, 3.63) is 29.0 Å². The Bertz CT molecular complexity index is 657. The minimum Gasteiger partial charge on any atom is -0.466 e. The zero-order valence-electron chi connectivity index (χ0n) is 12.1. The van der Waals surface area contributed by atoms with Crippen molar-refractivity contribution in [2.45, 2.75) is 24.7 Å². The van der Waals surface area contributed by atoms with Crippen molar-refractivity contribution in [1.29, 1.82) is 0 Å². The van der Waals surface area contributed by atoms with Crippen LogP contribution in [0, 0.1) is 11.7 Å². The van der Waals surface area contributed by atoms with Crippen LogP contribution < -0.4 is 0 Å². The zero-order chi connectivity index (χ0) is 16.3. The molecule has 0 aliphatic carbocycles. The van der Waals surface area contributed by atoms with Gasteiger partial charge in [0.15, 0.2) is 0 Å². The highest BCUT2D eigenvalue weighted by Gasteiger charge is 2.33. The number of halogens is 2. The molecule has 0 atom stereocenters. The van der Waals surface area contributed by atoms with Gasteiger partial charge in [-0.2, -0.15) is 4.31 Å². The first-order valence-electron chi connectivity index (χ1n) is 6.98. The Hall–Kier alpha value is -1.18. The third-order valence-electron chi connectivity index (χ3n) is 3.59. The lowest BCUT2D eigenvalue weighted by Gasteiger charge is -2.30. The number of rotatable bonds is 4. The molecule has 1 aliphatic heterocycles. The molecule has 22 heavy (non-hydrogen) atoms. The van der Waals surface area contributed by atoms with Crippen molar-refractivity contribution in [2.24, 2.45) is 5.92 Å². The molecule has 1 saturated heterocycles. The van der Waals surface area contributed by atoms with E-state index in [-0.39, 0.29) is 34.9 Å². The van der Waals surface area contributed by atoms with Crippen LogP contribution in [0.4, 0.5) is 4.39 Å². The maximum absolute atomic E-state index is 13.0. The Morgan fingerprint density at radius 2 is 2.05 bits per heavy atom. The molecule has 0 bridgehead atoms. The summed E-state index contributed by atoms with van der Waals surface area (Å²) in [5.41, 5.74) is 0. The molecule has 0 unspecified atom stereocenters. The summed E-state index contributed by atoms with van der Waals surface area (Å²) >= 11 is 5.83. The fourth-order valence-corrected chi connectivity index (χ4v) is 4.39. The van der Waals surface area contributed by atoms with Crippen LogP contribution in [0.15, 0.2) is 23.1 Å². The average molecular weight is 350 g/mol. The van der Waals surface area contributed by atoms with Gasteiger partial charge in [-0.25, -0.2) is 12.8 Å². The van der Waals surface area contributed by atoms with E-state index in [2.05, 4.69) is 0 Å². The Morgan fingerprint density at radius 1 is 1.41 bits per heavy atom. The summed E-state index contributed by atoms with van der Waals surface area (Å²) in [6, 6.07) is 3.19. The number of carbonyl (C=O) groups excluding carboxylic acids is 1. The van der Waals surface area contributed by atoms with Crippen molar-refractivity contribution in [2.75, 3.05) is 19.7 Å². The fraction of sp³-hybridized carbons (Fsp3) is 0.500. The molecule has 1 aromatic rings. The van der Waals surface area contributed by atoms with Gasteiger partial charge in [0.2, 0.25) is 10.0 Å². The minimum absolute atomic E-state index is 0.120. The zero-order valence-corrected chi connectivity index (χ0v) is 13.7. The normalized spacial score (nSPS) is 17.4. The number of nitrogens with zero attached hydrogens (tertiary/aromatic N) is 1. The van der Waals surface area contributed by atoms with Gasteiger partial charge in [0.05, 0.1) is 17.5 Å². The van der Waals surface area contributed by atoms with E-state index in [1.54, 1.807) is 6.92 Å². The highest BCUT2D eigenvalue weighted by atomic mass is 35.5. The van der Waals surface area contributed by atoms with Gasteiger partial charge in [-0.3, -0.25) is 4.79 Å². The summed E-state index contributed by atoms with van der Waals surface area (Å²) in [6.07, 6.45) is 0.799. The Kier molecular flexibility index (Phi) is 5.41. The van der Waals surface area contributed by atoms with E-state index in [1.165, 1.54) is 4.31 Å². The number of esters is 1. The smallest absolute Gasteiger partial charge is 0.309 e. The summed E-state index contributed by atoms with van der Waals surface area (Å²) in [5.74, 6) is -1.17. The molecule has 1 aromatic carbocycles. The molecule has 0 amide bonds. The van der Waals surface area contributed by atoms with Crippen LogP contribution in [-0.2, 0) is 19.6 Å². The van der Waals surface area contributed by atoms with E-state index in [1.807, 2.05) is 0 Å². The molecule has 2 rings (SSSR count). The number of benzene rings is 1. The minimum atomic E-state index is -3.79. The highest BCUT2D eigenvalue weighted by Crippen LogP contribution is 2.29. The molecule has 122 valence electrons. The maximum atomic E-state index is 13.0. The monoisotopic (exact) mass is 349 g/mol. The third-order valence-corrected chi connectivity index (χ3v) is 5.97. The van der Waals surface area contributed by atoms with E-state index in [9.17, 15) is 17.6 Å². The second kappa shape index (κ2) is 6.93. The number of sulfonamides is 1. The second-order valence-electron chi connectivity index (χ2n) is 5.01. The Labute approximate surface area is 134 Å². The van der Waals surface area contributed by atoms with Gasteiger partial charge in [-0.05, 0) is 38.0 Å². The van der Waals surface area contributed by atoms with Crippen molar-refractivity contribution < 1.29 is 22.3 Å². The quantitative estimate of drug-likeness (QED) is 0.783. The van der Waals surface area contributed by atoms with Crippen LogP contribution >= 0.6 is 11.6 Å². The van der Waals surface area contributed by atoms with Crippen LogP contribution in [0.1, 0.15) is 19.8 Å². The molecule has 0 N–H and O–H groups in total. The summed E-state index contributed by atoms with van der Waals surface area (Å²) in [4.78, 5) is 11.5. The van der Waals surface area contributed by atoms with Crippen LogP contribution in [0.5, 0.6) is 0 Å². The highest BCUT2D eigenvalue weighted by molar-refractivity contribution is 7.89. The fourth-order valence-electron chi connectivity index (χ4n) is 2.42. The maximum Gasteiger partial charge on any atom is 0.309 e. The van der Waals surface area contributed by atoms with Crippen molar-refractivity contribution in [3.63, 3.8) is 0 Å². The van der Waals surface area contributed by atoms with E-state index >= 15 is 0 Å². The lowest BCUT2D eigenvalue weighted by atomic mass is 9.98. The van der Waals surface area contributed by atoms with Gasteiger partial charge in [-0.15, -0.1) is 0 Å². The summed E-state index contributed by atoms with van der Waals surface area (Å²) in [6.45, 7) is 2.45. The van der Waals surface area contributed by atoms with Gasteiger partial charge in [0, 0.05) is 13.1 Å². The van der Waals surface area contributed by atoms with E-state index in [4.69, 9.17) is 16.3 Å². The molecule has 0 aromatic heterocycles. The van der Waals surface area contributed by atoms with E-state index < -0.39 is 15.8 Å². The molecule has 1 fully saturated rings. The first kappa shape index (κ1) is 17.2. The van der Waals surface area contributed by atoms with E-state index in [0.29, 0.717) is 19.4 Å². The predicted molar refractivity (Wildman–Crippen MR) is 79.5 cm³/mol. The molecule has 8 heteroatoms. The summed E-state index contributed by atoms with van der Waals surface area (Å²) in [5, 5.41) is -0.146. The van der Waals surface area contributed by atoms with Crippen molar-refractivity contribution in [3.8, 4) is 0 Å². The number of hydrogen-bond donors (Lipinski definition) is 0. The molecular formula is C14H17ClFNO4S. The number of hydrogen-bond acceptors (Lipinski definition) is 4. The molecule has 1 heterocycles. The number of ether oxygens (including phenoxy) is 1. The van der Waals surface area contributed by atoms with Gasteiger partial charge in [0.25, 0.3) is 0 Å². The van der Waals surface area contributed by atoms with Crippen LogP contribution in [0.3, 0.4) is 0 Å². The predicted octanol–water partition coefficient (Wildman–Crippen LogP) is 2.44. The van der Waals surface area contributed by atoms with Crippen molar-refractivity contribution >= 4 is 27.6 Å². The molecular weight excluding hydrogens is 333 g/mol. The first-order chi connectivity index (χ1) is 10.4. The van der Waals surface area contributed by atoms with Gasteiger partial charge in [0.1, 0.15) is 10.7 Å². The molecule has 5 nitrogen and oxygen atoms in total. The van der Waals surface area contributed by atoms with Crippen molar-refractivity contribution in [1.82, 2.24) is 4.31 Å². The molecule has 0 radical (unpaired) electrons. The molecule has 0 saturated carbocycles. The standard InChI is InChI=1S/C14H17ClFNO4S/c1-2-21-14(18)10-5-7-17(8-6-10)22(19,20)13-4-3-11(16)9-12(13)15/h3-4,9-10H,2,5-8H2,1H3. The first-order valence-corrected chi connectivity index (χ1v) is 8.80. The summed E-state index contributed by atoms with van der Waals surface area (Å²) < 4.78 is 44.3. The van der Waals surface area contributed by atoms with Crippen LogP contribution in [0.25, 0.3) is 0 Å². The Morgan fingerprint density at radius 3 is 2.59 bits per heavy atom. The summed E-state index contributed by atoms with van der Waals surface area (Å²) in [7, 11) is -3.79. The largest absolute Gasteiger partial charge is 0.466 e. The second-order valence-corrected chi connectivity index (χ2v) is 7.32. The SMILES string of the molecule is CCOC(=O)C1CCN(S(=O)(=O)c2ccc(F)cc2Cl)CC1. The molecule has 1 aliphatic rings. The lowest BCUT2D eigenvalue weighted by Crippen LogP contribution is -2.40. The van der Waals surface area contributed by atoms with Crippen LogP contribution in [-0.4, -0.2) is 38.4 Å². The Balaban J connectivity index is 2.11. The number of piperidine rings is 1. The van der Waals surface area contributed by atoms with E-state index in [0.717, 1.165) is 18.2 Å². The van der Waals surface area contributed by atoms with Crippen LogP contribution in [0.2, 0.25) is 5.02 Å². The van der Waals surface area contributed by atoms with Gasteiger partial charge < -0.3 is 4.74 Å². The van der Waals surface area contributed by atoms with Gasteiger partial charge in [-0.1, -0.05) is 11.6 Å². The third kappa shape index (κ3) is 3.59. The topological polar surface area (TPSA) is 63.7 Å². The number of carbonyl (C=O) groups is 1. The lowest BCUT2D eigenvalue weighted by molar-refractivity contribution is -0.149.